The highest BCUT2D eigenvalue weighted by Gasteiger charge is 2.19. The van der Waals surface area contributed by atoms with Crippen molar-refractivity contribution >= 4 is 0 Å². The predicted molar refractivity (Wildman–Crippen MR) is 86.0 cm³/mol. The Hall–Kier alpha value is -0.820. The fourth-order valence-electron chi connectivity index (χ4n) is 3.54. The fraction of sp³-hybridized carbons (Fsp3) is 0.684. The number of aryl methyl sites for hydroxylation is 2. The summed E-state index contributed by atoms with van der Waals surface area (Å²) < 4.78 is 0. The van der Waals surface area contributed by atoms with E-state index in [2.05, 4.69) is 32.0 Å². The van der Waals surface area contributed by atoms with Crippen LogP contribution in [-0.4, -0.2) is 5.11 Å². The van der Waals surface area contributed by atoms with Crippen LogP contribution in [0, 0.1) is 5.92 Å². The molecule has 1 aromatic rings. The third-order valence-electron chi connectivity index (χ3n) is 4.89. The molecule has 1 aliphatic carbocycles. The van der Waals surface area contributed by atoms with Gasteiger partial charge in [-0.1, -0.05) is 70.6 Å². The monoisotopic (exact) mass is 274 g/mol. The largest absolute Gasteiger partial charge is 0.388 e. The summed E-state index contributed by atoms with van der Waals surface area (Å²) in [4.78, 5) is 0. The van der Waals surface area contributed by atoms with Crippen molar-refractivity contribution in [2.45, 2.75) is 77.7 Å². The Morgan fingerprint density at radius 2 is 1.75 bits per heavy atom. The zero-order valence-corrected chi connectivity index (χ0v) is 13.2. The second-order valence-corrected chi connectivity index (χ2v) is 6.35. The second kappa shape index (κ2) is 7.83. The Kier molecular flexibility index (Phi) is 6.09. The van der Waals surface area contributed by atoms with E-state index < -0.39 is 0 Å². The Labute approximate surface area is 124 Å². The standard InChI is InChI=1S/C19H30O/c1-3-15-11-12-17(4-2)18(13-15)19(20)14-16-9-7-5-6-8-10-16/h11-13,16,19-20H,3-10,14H2,1-2H3. The van der Waals surface area contributed by atoms with Gasteiger partial charge in [0.05, 0.1) is 6.10 Å². The topological polar surface area (TPSA) is 20.2 Å². The molecule has 2 rings (SSSR count). The van der Waals surface area contributed by atoms with E-state index in [4.69, 9.17) is 0 Å². The number of aliphatic hydroxyl groups excluding tert-OH is 1. The lowest BCUT2D eigenvalue weighted by molar-refractivity contribution is 0.138. The van der Waals surface area contributed by atoms with Gasteiger partial charge < -0.3 is 5.11 Å². The molecular weight excluding hydrogens is 244 g/mol. The molecule has 0 radical (unpaired) electrons. The summed E-state index contributed by atoms with van der Waals surface area (Å²) in [5.41, 5.74) is 3.86. The van der Waals surface area contributed by atoms with E-state index in [9.17, 15) is 5.11 Å². The number of hydrogen-bond donors (Lipinski definition) is 1. The first-order valence-corrected chi connectivity index (χ1v) is 8.54. The minimum atomic E-state index is -0.264. The van der Waals surface area contributed by atoms with Crippen LogP contribution in [0.15, 0.2) is 18.2 Å². The smallest absolute Gasteiger partial charge is 0.0795 e. The molecule has 1 saturated carbocycles. The highest BCUT2D eigenvalue weighted by atomic mass is 16.3. The number of rotatable bonds is 5. The van der Waals surface area contributed by atoms with Gasteiger partial charge in [-0.15, -0.1) is 0 Å². The maximum absolute atomic E-state index is 10.7. The first kappa shape index (κ1) is 15.6. The van der Waals surface area contributed by atoms with E-state index >= 15 is 0 Å². The molecule has 0 spiro atoms. The van der Waals surface area contributed by atoms with Crippen molar-refractivity contribution in [3.63, 3.8) is 0 Å². The quantitative estimate of drug-likeness (QED) is 0.731. The maximum Gasteiger partial charge on any atom is 0.0795 e. The predicted octanol–water partition coefficient (Wildman–Crippen LogP) is 5.21. The van der Waals surface area contributed by atoms with Crippen LogP contribution in [0.4, 0.5) is 0 Å². The van der Waals surface area contributed by atoms with Crippen LogP contribution in [0.25, 0.3) is 0 Å². The molecule has 1 N–H and O–H groups in total. The molecule has 0 aliphatic heterocycles. The number of hydrogen-bond acceptors (Lipinski definition) is 1. The molecule has 1 aliphatic rings. The molecule has 0 bridgehead atoms. The molecule has 112 valence electrons. The first-order chi connectivity index (χ1) is 9.74. The van der Waals surface area contributed by atoms with Gasteiger partial charge in [-0.2, -0.15) is 0 Å². The van der Waals surface area contributed by atoms with Crippen molar-refractivity contribution in [3.8, 4) is 0 Å². The molecule has 1 nitrogen and oxygen atoms in total. The molecule has 1 aromatic carbocycles. The highest BCUT2D eigenvalue weighted by Crippen LogP contribution is 2.32. The van der Waals surface area contributed by atoms with Crippen molar-refractivity contribution in [2.24, 2.45) is 5.92 Å². The van der Waals surface area contributed by atoms with Crippen LogP contribution >= 0.6 is 0 Å². The SMILES string of the molecule is CCc1ccc(CC)c(C(O)CC2CCCCCC2)c1. The molecule has 1 fully saturated rings. The average molecular weight is 274 g/mol. The minimum absolute atomic E-state index is 0.264. The van der Waals surface area contributed by atoms with E-state index in [0.717, 1.165) is 25.2 Å². The van der Waals surface area contributed by atoms with Crippen molar-refractivity contribution < 1.29 is 5.11 Å². The third kappa shape index (κ3) is 4.09. The summed E-state index contributed by atoms with van der Waals surface area (Å²) in [6, 6.07) is 6.66. The van der Waals surface area contributed by atoms with Gasteiger partial charge in [-0.3, -0.25) is 0 Å². The Morgan fingerprint density at radius 3 is 2.35 bits per heavy atom. The van der Waals surface area contributed by atoms with Crippen LogP contribution in [0.2, 0.25) is 0 Å². The van der Waals surface area contributed by atoms with Gasteiger partial charge in [-0.05, 0) is 41.9 Å². The Balaban J connectivity index is 2.08. The van der Waals surface area contributed by atoms with Crippen LogP contribution < -0.4 is 0 Å². The van der Waals surface area contributed by atoms with E-state index in [1.165, 1.54) is 55.2 Å². The lowest BCUT2D eigenvalue weighted by Gasteiger charge is -2.21. The van der Waals surface area contributed by atoms with E-state index in [1.807, 2.05) is 0 Å². The van der Waals surface area contributed by atoms with Gasteiger partial charge in [0.1, 0.15) is 0 Å². The summed E-state index contributed by atoms with van der Waals surface area (Å²) in [6.45, 7) is 4.37. The van der Waals surface area contributed by atoms with E-state index in [-0.39, 0.29) is 6.10 Å². The van der Waals surface area contributed by atoms with Crippen LogP contribution in [-0.2, 0) is 12.8 Å². The lowest BCUT2D eigenvalue weighted by Crippen LogP contribution is -2.09. The lowest BCUT2D eigenvalue weighted by atomic mass is 9.88. The van der Waals surface area contributed by atoms with Crippen molar-refractivity contribution in [1.29, 1.82) is 0 Å². The van der Waals surface area contributed by atoms with Gasteiger partial charge in [0.15, 0.2) is 0 Å². The first-order valence-electron chi connectivity index (χ1n) is 8.54. The number of benzene rings is 1. The summed E-state index contributed by atoms with van der Waals surface area (Å²) in [7, 11) is 0. The molecule has 1 heteroatoms. The van der Waals surface area contributed by atoms with Crippen molar-refractivity contribution in [1.82, 2.24) is 0 Å². The number of aliphatic hydroxyl groups is 1. The Bertz CT molecular complexity index is 402. The van der Waals surface area contributed by atoms with Crippen LogP contribution in [0.5, 0.6) is 0 Å². The van der Waals surface area contributed by atoms with Gasteiger partial charge >= 0.3 is 0 Å². The molecule has 0 amide bonds. The van der Waals surface area contributed by atoms with Crippen LogP contribution in [0.1, 0.15) is 81.6 Å². The molecule has 0 aromatic heterocycles. The van der Waals surface area contributed by atoms with Gasteiger partial charge in [0, 0.05) is 0 Å². The average Bonchev–Trinajstić information content (AvgIpc) is 2.75. The molecule has 20 heavy (non-hydrogen) atoms. The zero-order chi connectivity index (χ0) is 14.4. The molecule has 1 unspecified atom stereocenters. The Morgan fingerprint density at radius 1 is 1.05 bits per heavy atom. The van der Waals surface area contributed by atoms with Crippen LogP contribution in [0.3, 0.4) is 0 Å². The molecule has 0 heterocycles. The molecule has 1 atom stereocenters. The van der Waals surface area contributed by atoms with E-state index in [1.54, 1.807) is 0 Å². The summed E-state index contributed by atoms with van der Waals surface area (Å²) in [5.74, 6) is 0.725. The summed E-state index contributed by atoms with van der Waals surface area (Å²) in [6.07, 6.45) is 10.9. The minimum Gasteiger partial charge on any atom is -0.388 e. The second-order valence-electron chi connectivity index (χ2n) is 6.35. The van der Waals surface area contributed by atoms with Gasteiger partial charge in [-0.25, -0.2) is 0 Å². The van der Waals surface area contributed by atoms with E-state index in [0.29, 0.717) is 0 Å². The highest BCUT2D eigenvalue weighted by molar-refractivity contribution is 5.34. The molecular formula is C19H30O. The zero-order valence-electron chi connectivity index (χ0n) is 13.2. The van der Waals surface area contributed by atoms with Crippen molar-refractivity contribution in [2.75, 3.05) is 0 Å². The third-order valence-corrected chi connectivity index (χ3v) is 4.89. The van der Waals surface area contributed by atoms with Gasteiger partial charge in [0.25, 0.3) is 0 Å². The van der Waals surface area contributed by atoms with Gasteiger partial charge in [0.2, 0.25) is 0 Å². The molecule has 0 saturated heterocycles. The fourth-order valence-corrected chi connectivity index (χ4v) is 3.54. The summed E-state index contributed by atoms with van der Waals surface area (Å²) in [5, 5.41) is 10.7. The normalized spacial score (nSPS) is 18.8. The van der Waals surface area contributed by atoms with Crippen molar-refractivity contribution in [3.05, 3.63) is 34.9 Å². The maximum atomic E-state index is 10.7. The summed E-state index contributed by atoms with van der Waals surface area (Å²) >= 11 is 0.